The maximum Gasteiger partial charge on any atom is 0.261 e. The van der Waals surface area contributed by atoms with Gasteiger partial charge in [-0.25, -0.2) is 0 Å². The molecule has 0 radical (unpaired) electrons. The Morgan fingerprint density at radius 1 is 1.10 bits per heavy atom. The van der Waals surface area contributed by atoms with Gasteiger partial charge >= 0.3 is 0 Å². The molecule has 1 N–H and O–H groups in total. The van der Waals surface area contributed by atoms with E-state index in [0.29, 0.717) is 28.7 Å². The van der Waals surface area contributed by atoms with Crippen LogP contribution in [-0.4, -0.2) is 27.2 Å². The highest BCUT2D eigenvalue weighted by Crippen LogP contribution is 2.34. The molecule has 2 rings (SSSR count). The number of carbonyl (C=O) groups is 1. The normalized spacial score (nSPS) is 10.0. The molecule has 0 unspecified atom stereocenters. The van der Waals surface area contributed by atoms with Crippen LogP contribution in [0.5, 0.6) is 17.2 Å². The van der Waals surface area contributed by atoms with Crippen molar-refractivity contribution in [2.24, 2.45) is 0 Å². The minimum atomic E-state index is -0.109. The van der Waals surface area contributed by atoms with Gasteiger partial charge in [-0.3, -0.25) is 4.79 Å². The molecule has 0 saturated carbocycles. The van der Waals surface area contributed by atoms with Crippen molar-refractivity contribution in [3.63, 3.8) is 0 Å². The summed E-state index contributed by atoms with van der Waals surface area (Å²) in [6.07, 6.45) is 0. The molecule has 0 spiro atoms. The molecule has 0 aliphatic heterocycles. The smallest absolute Gasteiger partial charge is 0.261 e. The summed E-state index contributed by atoms with van der Waals surface area (Å²) in [7, 11) is 4.71. The van der Waals surface area contributed by atoms with Crippen LogP contribution in [0.1, 0.15) is 15.2 Å². The van der Waals surface area contributed by atoms with Crippen LogP contribution in [0.3, 0.4) is 0 Å². The Morgan fingerprint density at radius 3 is 2.33 bits per heavy atom. The highest BCUT2D eigenvalue weighted by Gasteiger charge is 2.13. The van der Waals surface area contributed by atoms with Crippen molar-refractivity contribution in [1.29, 1.82) is 0 Å². The number of nitrogens with one attached hydrogen (secondary N) is 1. The predicted octanol–water partition coefficient (Wildman–Crippen LogP) is 2.70. The first-order chi connectivity index (χ1) is 10.2. The molecule has 21 heavy (non-hydrogen) atoms. The number of thiophene rings is 1. The highest BCUT2D eigenvalue weighted by molar-refractivity contribution is 7.12. The average Bonchev–Trinajstić information content (AvgIpc) is 3.06. The SMILES string of the molecule is COc1cc(OC)c(OC)cc1CNC(=O)c1cccs1. The number of hydrogen-bond donors (Lipinski definition) is 1. The fourth-order valence-corrected chi connectivity index (χ4v) is 2.54. The highest BCUT2D eigenvalue weighted by atomic mass is 32.1. The van der Waals surface area contributed by atoms with Gasteiger partial charge in [0.1, 0.15) is 5.75 Å². The summed E-state index contributed by atoms with van der Waals surface area (Å²) < 4.78 is 15.8. The molecule has 2 aromatic rings. The number of hydrogen-bond acceptors (Lipinski definition) is 5. The first kappa shape index (κ1) is 15.2. The van der Waals surface area contributed by atoms with E-state index in [0.717, 1.165) is 5.56 Å². The topological polar surface area (TPSA) is 56.8 Å². The lowest BCUT2D eigenvalue weighted by atomic mass is 10.1. The van der Waals surface area contributed by atoms with E-state index in [2.05, 4.69) is 5.32 Å². The van der Waals surface area contributed by atoms with Crippen LogP contribution in [0.25, 0.3) is 0 Å². The molecule has 0 atom stereocenters. The number of carbonyl (C=O) groups excluding carboxylic acids is 1. The summed E-state index contributed by atoms with van der Waals surface area (Å²) in [6, 6.07) is 7.17. The minimum Gasteiger partial charge on any atom is -0.496 e. The van der Waals surface area contributed by atoms with E-state index in [1.54, 1.807) is 39.5 Å². The number of benzene rings is 1. The maximum absolute atomic E-state index is 12.0. The Kier molecular flexibility index (Phi) is 5.05. The van der Waals surface area contributed by atoms with Gasteiger partial charge < -0.3 is 19.5 Å². The molecule has 1 amide bonds. The summed E-state index contributed by atoms with van der Waals surface area (Å²) in [4.78, 5) is 12.6. The van der Waals surface area contributed by atoms with Crippen LogP contribution in [0.4, 0.5) is 0 Å². The lowest BCUT2D eigenvalue weighted by molar-refractivity contribution is 0.0954. The van der Waals surface area contributed by atoms with Crippen molar-refractivity contribution in [1.82, 2.24) is 5.32 Å². The van der Waals surface area contributed by atoms with Gasteiger partial charge in [0.05, 0.1) is 26.2 Å². The largest absolute Gasteiger partial charge is 0.496 e. The zero-order valence-electron chi connectivity index (χ0n) is 12.1. The van der Waals surface area contributed by atoms with E-state index in [4.69, 9.17) is 14.2 Å². The molecular weight excluding hydrogens is 290 g/mol. The fourth-order valence-electron chi connectivity index (χ4n) is 1.90. The Hall–Kier alpha value is -2.21. The molecule has 0 bridgehead atoms. The van der Waals surface area contributed by atoms with E-state index in [1.807, 2.05) is 11.4 Å². The van der Waals surface area contributed by atoms with E-state index in [9.17, 15) is 4.79 Å². The summed E-state index contributed by atoms with van der Waals surface area (Å²) in [6.45, 7) is 0.347. The number of amides is 1. The molecule has 112 valence electrons. The van der Waals surface area contributed by atoms with Gasteiger partial charge in [-0.2, -0.15) is 0 Å². The number of rotatable bonds is 6. The van der Waals surface area contributed by atoms with Gasteiger partial charge in [0.15, 0.2) is 11.5 Å². The van der Waals surface area contributed by atoms with Crippen LogP contribution in [0.2, 0.25) is 0 Å². The van der Waals surface area contributed by atoms with Crippen LogP contribution in [0.15, 0.2) is 29.6 Å². The Morgan fingerprint density at radius 2 is 1.76 bits per heavy atom. The van der Waals surface area contributed by atoms with E-state index in [-0.39, 0.29) is 5.91 Å². The van der Waals surface area contributed by atoms with Crippen molar-refractivity contribution < 1.29 is 19.0 Å². The van der Waals surface area contributed by atoms with Gasteiger partial charge in [-0.15, -0.1) is 11.3 Å². The lowest BCUT2D eigenvalue weighted by Gasteiger charge is -2.14. The van der Waals surface area contributed by atoms with Crippen LogP contribution in [0, 0.1) is 0 Å². The van der Waals surface area contributed by atoms with Gasteiger partial charge in [0, 0.05) is 18.2 Å². The maximum atomic E-state index is 12.0. The summed E-state index contributed by atoms with van der Waals surface area (Å²) in [5.41, 5.74) is 0.819. The van der Waals surface area contributed by atoms with Gasteiger partial charge in [0.25, 0.3) is 5.91 Å². The molecular formula is C15H17NO4S. The number of ether oxygens (including phenoxy) is 3. The predicted molar refractivity (Wildman–Crippen MR) is 81.6 cm³/mol. The van der Waals surface area contributed by atoms with Crippen molar-refractivity contribution in [2.75, 3.05) is 21.3 Å². The van der Waals surface area contributed by atoms with Crippen molar-refractivity contribution in [3.05, 3.63) is 40.1 Å². The second-order valence-electron chi connectivity index (χ2n) is 4.18. The van der Waals surface area contributed by atoms with Crippen molar-refractivity contribution >= 4 is 17.2 Å². The van der Waals surface area contributed by atoms with Crippen LogP contribution < -0.4 is 19.5 Å². The van der Waals surface area contributed by atoms with Gasteiger partial charge in [-0.1, -0.05) is 6.07 Å². The third-order valence-corrected chi connectivity index (χ3v) is 3.84. The molecule has 5 nitrogen and oxygen atoms in total. The van der Waals surface area contributed by atoms with Gasteiger partial charge in [0.2, 0.25) is 0 Å². The third-order valence-electron chi connectivity index (χ3n) is 2.97. The molecule has 0 saturated heterocycles. The van der Waals surface area contributed by atoms with Crippen LogP contribution >= 0.6 is 11.3 Å². The Labute approximate surface area is 127 Å². The van der Waals surface area contributed by atoms with E-state index < -0.39 is 0 Å². The second-order valence-corrected chi connectivity index (χ2v) is 5.13. The molecule has 0 fully saturated rings. The molecule has 1 aromatic carbocycles. The average molecular weight is 307 g/mol. The lowest BCUT2D eigenvalue weighted by Crippen LogP contribution is -2.22. The zero-order valence-corrected chi connectivity index (χ0v) is 13.0. The standard InChI is InChI=1S/C15H17NO4S/c1-18-11-8-13(20-3)12(19-2)7-10(11)9-16-15(17)14-5-4-6-21-14/h4-8H,9H2,1-3H3,(H,16,17). The van der Waals surface area contributed by atoms with E-state index >= 15 is 0 Å². The number of methoxy groups -OCH3 is 3. The minimum absolute atomic E-state index is 0.109. The molecule has 6 heteroatoms. The second kappa shape index (κ2) is 6.99. The molecule has 0 aliphatic carbocycles. The summed E-state index contributed by atoms with van der Waals surface area (Å²) >= 11 is 1.40. The van der Waals surface area contributed by atoms with E-state index in [1.165, 1.54) is 11.3 Å². The van der Waals surface area contributed by atoms with Crippen molar-refractivity contribution in [3.8, 4) is 17.2 Å². The first-order valence-electron chi connectivity index (χ1n) is 6.30. The molecule has 0 aliphatic rings. The molecule has 1 aromatic heterocycles. The fraction of sp³-hybridized carbons (Fsp3) is 0.267. The van der Waals surface area contributed by atoms with Crippen molar-refractivity contribution in [2.45, 2.75) is 6.54 Å². The Bertz CT molecular complexity index is 610. The monoisotopic (exact) mass is 307 g/mol. The first-order valence-corrected chi connectivity index (χ1v) is 7.18. The zero-order chi connectivity index (χ0) is 15.2. The Balaban J connectivity index is 2.17. The third kappa shape index (κ3) is 3.46. The molecule has 1 heterocycles. The van der Waals surface area contributed by atoms with Crippen LogP contribution in [-0.2, 0) is 6.54 Å². The quantitative estimate of drug-likeness (QED) is 0.891. The van der Waals surface area contributed by atoms with Gasteiger partial charge in [-0.05, 0) is 17.5 Å². The summed E-state index contributed by atoms with van der Waals surface area (Å²) in [5, 5.41) is 4.73. The summed E-state index contributed by atoms with van der Waals surface area (Å²) in [5.74, 6) is 1.71.